The smallest absolute Gasteiger partial charge is 0.242 e. The maximum absolute atomic E-state index is 11.8. The van der Waals surface area contributed by atoms with Gasteiger partial charge in [0, 0.05) is 17.5 Å². The molecule has 0 aromatic carbocycles. The van der Waals surface area contributed by atoms with Crippen LogP contribution in [0.4, 0.5) is 11.6 Å². The molecular formula is C14H25N5O. The number of hydrogen-bond donors (Lipinski definition) is 3. The first-order valence-electron chi connectivity index (χ1n) is 6.85. The van der Waals surface area contributed by atoms with Crippen LogP contribution in [0.5, 0.6) is 0 Å². The number of nitrogens with one attached hydrogen (secondary N) is 2. The van der Waals surface area contributed by atoms with Crippen LogP contribution in [0, 0.1) is 6.92 Å². The van der Waals surface area contributed by atoms with Gasteiger partial charge in [-0.3, -0.25) is 4.79 Å². The number of nitrogens with zero attached hydrogens (tertiary/aromatic N) is 2. The van der Waals surface area contributed by atoms with Crippen molar-refractivity contribution in [3.63, 3.8) is 0 Å². The van der Waals surface area contributed by atoms with E-state index in [1.165, 1.54) is 0 Å². The highest BCUT2D eigenvalue weighted by Crippen LogP contribution is 2.25. The van der Waals surface area contributed by atoms with Gasteiger partial charge in [-0.2, -0.15) is 0 Å². The van der Waals surface area contributed by atoms with Crippen LogP contribution in [-0.4, -0.2) is 28.5 Å². The number of anilines is 2. The minimum absolute atomic E-state index is 0.0682. The first-order chi connectivity index (χ1) is 9.16. The van der Waals surface area contributed by atoms with Crippen molar-refractivity contribution in [2.24, 2.45) is 0 Å². The molecule has 0 bridgehead atoms. The number of nitrogens with two attached hydrogens (primary N) is 1. The largest absolute Gasteiger partial charge is 0.383 e. The normalized spacial score (nSPS) is 12.9. The van der Waals surface area contributed by atoms with E-state index in [0.29, 0.717) is 24.0 Å². The van der Waals surface area contributed by atoms with Gasteiger partial charge in [-0.05, 0) is 20.8 Å². The molecule has 1 heterocycles. The molecule has 1 aromatic heterocycles. The standard InChI is InChI=1S/C14H25N5O/c1-7-16-12(20)9(3)17-11-8(2)10(15)18-13(19-11)14(4,5)6/h9H,7H2,1-6H3,(H,16,20)(H3,15,17,18,19). The Bertz CT molecular complexity index is 493. The molecule has 20 heavy (non-hydrogen) atoms. The molecule has 0 aliphatic carbocycles. The van der Waals surface area contributed by atoms with Crippen molar-refractivity contribution in [3.05, 3.63) is 11.4 Å². The number of nitrogen functional groups attached to an aromatic ring is 1. The van der Waals surface area contributed by atoms with Crippen molar-refractivity contribution < 1.29 is 4.79 Å². The van der Waals surface area contributed by atoms with Gasteiger partial charge in [0.2, 0.25) is 5.91 Å². The summed E-state index contributed by atoms with van der Waals surface area (Å²) in [5.41, 5.74) is 6.49. The predicted molar refractivity (Wildman–Crippen MR) is 81.6 cm³/mol. The fourth-order valence-corrected chi connectivity index (χ4v) is 1.61. The summed E-state index contributed by atoms with van der Waals surface area (Å²) in [6, 6.07) is -0.379. The fourth-order valence-electron chi connectivity index (χ4n) is 1.61. The monoisotopic (exact) mass is 279 g/mol. The molecule has 1 unspecified atom stereocenters. The van der Waals surface area contributed by atoms with Gasteiger partial charge in [0.25, 0.3) is 0 Å². The fraction of sp³-hybridized carbons (Fsp3) is 0.643. The Morgan fingerprint density at radius 1 is 1.35 bits per heavy atom. The molecule has 0 aliphatic rings. The van der Waals surface area contributed by atoms with E-state index >= 15 is 0 Å². The second-order valence-corrected chi connectivity index (χ2v) is 5.92. The van der Waals surface area contributed by atoms with E-state index in [2.05, 4.69) is 20.6 Å². The molecule has 0 fully saturated rings. The van der Waals surface area contributed by atoms with Crippen LogP contribution in [0.15, 0.2) is 0 Å². The maximum atomic E-state index is 11.8. The zero-order valence-electron chi connectivity index (χ0n) is 13.2. The maximum Gasteiger partial charge on any atom is 0.242 e. The van der Waals surface area contributed by atoms with Gasteiger partial charge in [0.05, 0.1) is 0 Å². The van der Waals surface area contributed by atoms with Crippen LogP contribution in [0.2, 0.25) is 0 Å². The minimum Gasteiger partial charge on any atom is -0.383 e. The Kier molecular flexibility index (Phi) is 4.92. The molecule has 1 aromatic rings. The summed E-state index contributed by atoms with van der Waals surface area (Å²) >= 11 is 0. The Hall–Kier alpha value is -1.85. The number of hydrogen-bond acceptors (Lipinski definition) is 5. The first kappa shape index (κ1) is 16.2. The van der Waals surface area contributed by atoms with Gasteiger partial charge in [-0.1, -0.05) is 20.8 Å². The SMILES string of the molecule is CCNC(=O)C(C)Nc1nc(C(C)(C)C)nc(N)c1C. The Labute approximate surface area is 120 Å². The van der Waals surface area contributed by atoms with E-state index in [4.69, 9.17) is 5.73 Å². The van der Waals surface area contributed by atoms with Gasteiger partial charge in [0.1, 0.15) is 23.5 Å². The molecule has 1 rings (SSSR count). The lowest BCUT2D eigenvalue weighted by Crippen LogP contribution is -2.38. The summed E-state index contributed by atoms with van der Waals surface area (Å²) in [7, 11) is 0. The zero-order valence-corrected chi connectivity index (χ0v) is 13.2. The van der Waals surface area contributed by atoms with Crippen molar-refractivity contribution in [2.45, 2.75) is 53.0 Å². The molecule has 4 N–H and O–H groups in total. The lowest BCUT2D eigenvalue weighted by molar-refractivity contribution is -0.121. The molecule has 6 heteroatoms. The molecular weight excluding hydrogens is 254 g/mol. The van der Waals surface area contributed by atoms with Crippen molar-refractivity contribution in [2.75, 3.05) is 17.6 Å². The minimum atomic E-state index is -0.379. The predicted octanol–water partition coefficient (Wildman–Crippen LogP) is 1.60. The highest BCUT2D eigenvalue weighted by atomic mass is 16.2. The van der Waals surface area contributed by atoms with E-state index in [9.17, 15) is 4.79 Å². The second-order valence-electron chi connectivity index (χ2n) is 5.92. The van der Waals surface area contributed by atoms with Crippen molar-refractivity contribution >= 4 is 17.5 Å². The third-order valence-electron chi connectivity index (χ3n) is 2.95. The summed E-state index contributed by atoms with van der Waals surface area (Å²) in [6.45, 7) is 12.2. The van der Waals surface area contributed by atoms with Crippen molar-refractivity contribution in [3.8, 4) is 0 Å². The first-order valence-corrected chi connectivity index (χ1v) is 6.85. The second kappa shape index (κ2) is 6.07. The summed E-state index contributed by atoms with van der Waals surface area (Å²) in [6.07, 6.45) is 0. The van der Waals surface area contributed by atoms with Gasteiger partial charge < -0.3 is 16.4 Å². The summed E-state index contributed by atoms with van der Waals surface area (Å²) in [5.74, 6) is 1.64. The van der Waals surface area contributed by atoms with Gasteiger partial charge in [-0.25, -0.2) is 9.97 Å². The Morgan fingerprint density at radius 2 is 1.95 bits per heavy atom. The average molecular weight is 279 g/mol. The number of carbonyl (C=O) groups excluding carboxylic acids is 1. The number of amides is 1. The number of aromatic nitrogens is 2. The average Bonchev–Trinajstić information content (AvgIpc) is 2.33. The van der Waals surface area contributed by atoms with Gasteiger partial charge >= 0.3 is 0 Å². The van der Waals surface area contributed by atoms with Gasteiger partial charge in [-0.15, -0.1) is 0 Å². The van der Waals surface area contributed by atoms with Crippen LogP contribution in [-0.2, 0) is 10.2 Å². The van der Waals surface area contributed by atoms with Crippen LogP contribution in [0.1, 0.15) is 46.0 Å². The molecule has 1 amide bonds. The van der Waals surface area contributed by atoms with Crippen molar-refractivity contribution in [1.82, 2.24) is 15.3 Å². The summed E-state index contributed by atoms with van der Waals surface area (Å²) < 4.78 is 0. The number of likely N-dealkylation sites (N-methyl/N-ethyl adjacent to an activating group) is 1. The van der Waals surface area contributed by atoms with E-state index < -0.39 is 0 Å². The molecule has 112 valence electrons. The molecule has 0 saturated heterocycles. The lowest BCUT2D eigenvalue weighted by Gasteiger charge is -2.21. The third-order valence-corrected chi connectivity index (χ3v) is 2.95. The molecule has 0 spiro atoms. The molecule has 6 nitrogen and oxygen atoms in total. The van der Waals surface area contributed by atoms with Crippen LogP contribution < -0.4 is 16.4 Å². The lowest BCUT2D eigenvalue weighted by atomic mass is 9.95. The number of rotatable bonds is 4. The highest BCUT2D eigenvalue weighted by Gasteiger charge is 2.22. The van der Waals surface area contributed by atoms with E-state index in [0.717, 1.165) is 5.56 Å². The van der Waals surface area contributed by atoms with Crippen LogP contribution in [0.25, 0.3) is 0 Å². The topological polar surface area (TPSA) is 92.9 Å². The van der Waals surface area contributed by atoms with Gasteiger partial charge in [0.15, 0.2) is 0 Å². The quantitative estimate of drug-likeness (QED) is 0.778. The van der Waals surface area contributed by atoms with Crippen molar-refractivity contribution in [1.29, 1.82) is 0 Å². The van der Waals surface area contributed by atoms with E-state index in [1.54, 1.807) is 6.92 Å². The molecule has 0 saturated carbocycles. The Morgan fingerprint density at radius 3 is 2.45 bits per heavy atom. The third kappa shape index (κ3) is 3.82. The highest BCUT2D eigenvalue weighted by molar-refractivity contribution is 5.84. The summed E-state index contributed by atoms with van der Waals surface area (Å²) in [4.78, 5) is 20.6. The molecule has 0 radical (unpaired) electrons. The van der Waals surface area contributed by atoms with E-state index in [1.807, 2.05) is 34.6 Å². The summed E-state index contributed by atoms with van der Waals surface area (Å²) in [5, 5.41) is 5.87. The number of carbonyl (C=O) groups is 1. The molecule has 1 atom stereocenters. The molecule has 0 aliphatic heterocycles. The van der Waals surface area contributed by atoms with Crippen LogP contribution >= 0.6 is 0 Å². The zero-order chi connectivity index (χ0) is 15.5. The Balaban J connectivity index is 3.06. The van der Waals surface area contributed by atoms with Crippen LogP contribution in [0.3, 0.4) is 0 Å². The van der Waals surface area contributed by atoms with E-state index in [-0.39, 0.29) is 17.4 Å².